The van der Waals surface area contributed by atoms with E-state index in [0.717, 1.165) is 30.6 Å². The van der Waals surface area contributed by atoms with E-state index in [-0.39, 0.29) is 11.9 Å². The maximum absolute atomic E-state index is 11.9. The SMILES string of the molecule is CCC(CC)NC(=O)CN(C)Cc1cccc(N)c1. The predicted molar refractivity (Wildman–Crippen MR) is 79.7 cm³/mol. The van der Waals surface area contributed by atoms with E-state index in [1.54, 1.807) is 0 Å². The summed E-state index contributed by atoms with van der Waals surface area (Å²) < 4.78 is 0. The molecule has 0 bridgehead atoms. The normalized spacial score (nSPS) is 11.0. The van der Waals surface area contributed by atoms with Gasteiger partial charge in [-0.25, -0.2) is 0 Å². The van der Waals surface area contributed by atoms with Crippen molar-refractivity contribution < 1.29 is 4.79 Å². The number of nitrogens with one attached hydrogen (secondary N) is 1. The second kappa shape index (κ2) is 7.79. The standard InChI is InChI=1S/C15H25N3O/c1-4-14(5-2)17-15(19)11-18(3)10-12-7-6-8-13(16)9-12/h6-9,14H,4-5,10-11,16H2,1-3H3,(H,17,19). The van der Waals surface area contributed by atoms with Crippen LogP contribution >= 0.6 is 0 Å². The van der Waals surface area contributed by atoms with Gasteiger partial charge in [-0.1, -0.05) is 26.0 Å². The molecule has 1 aromatic carbocycles. The Morgan fingerprint density at radius 3 is 2.63 bits per heavy atom. The smallest absolute Gasteiger partial charge is 0.234 e. The molecule has 0 saturated heterocycles. The lowest BCUT2D eigenvalue weighted by molar-refractivity contribution is -0.122. The van der Waals surface area contributed by atoms with Crippen LogP contribution in [0.1, 0.15) is 32.3 Å². The number of amides is 1. The minimum absolute atomic E-state index is 0.0834. The Labute approximate surface area is 116 Å². The zero-order chi connectivity index (χ0) is 14.3. The zero-order valence-electron chi connectivity index (χ0n) is 12.1. The molecule has 0 saturated carbocycles. The van der Waals surface area contributed by atoms with Crippen molar-refractivity contribution in [1.29, 1.82) is 0 Å². The molecule has 0 aromatic heterocycles. The fourth-order valence-corrected chi connectivity index (χ4v) is 2.07. The summed E-state index contributed by atoms with van der Waals surface area (Å²) in [6.07, 6.45) is 1.95. The highest BCUT2D eigenvalue weighted by Crippen LogP contribution is 2.08. The van der Waals surface area contributed by atoms with Gasteiger partial charge in [-0.15, -0.1) is 0 Å². The summed E-state index contributed by atoms with van der Waals surface area (Å²) in [4.78, 5) is 13.9. The molecule has 106 valence electrons. The van der Waals surface area contributed by atoms with Crippen molar-refractivity contribution in [2.75, 3.05) is 19.3 Å². The molecule has 0 unspecified atom stereocenters. The van der Waals surface area contributed by atoms with Gasteiger partial charge in [0.2, 0.25) is 5.91 Å². The van der Waals surface area contributed by atoms with Gasteiger partial charge < -0.3 is 11.1 Å². The molecule has 0 aliphatic rings. The molecule has 3 N–H and O–H groups in total. The number of likely N-dealkylation sites (N-methyl/N-ethyl adjacent to an activating group) is 1. The molecule has 0 spiro atoms. The van der Waals surface area contributed by atoms with Crippen LogP contribution < -0.4 is 11.1 Å². The number of carbonyl (C=O) groups excluding carboxylic acids is 1. The molecular formula is C15H25N3O. The number of hydrogen-bond acceptors (Lipinski definition) is 3. The highest BCUT2D eigenvalue weighted by Gasteiger charge is 2.10. The van der Waals surface area contributed by atoms with Gasteiger partial charge in [0, 0.05) is 18.3 Å². The van der Waals surface area contributed by atoms with E-state index in [1.165, 1.54) is 0 Å². The van der Waals surface area contributed by atoms with Crippen molar-refractivity contribution in [2.24, 2.45) is 0 Å². The Morgan fingerprint density at radius 1 is 1.37 bits per heavy atom. The van der Waals surface area contributed by atoms with E-state index in [9.17, 15) is 4.79 Å². The number of nitrogens with zero attached hydrogens (tertiary/aromatic N) is 1. The fourth-order valence-electron chi connectivity index (χ4n) is 2.07. The Hall–Kier alpha value is -1.55. The maximum Gasteiger partial charge on any atom is 0.234 e. The third kappa shape index (κ3) is 5.75. The number of nitrogen functional groups attached to an aromatic ring is 1. The topological polar surface area (TPSA) is 58.4 Å². The van der Waals surface area contributed by atoms with E-state index < -0.39 is 0 Å². The molecule has 19 heavy (non-hydrogen) atoms. The predicted octanol–water partition coefficient (Wildman–Crippen LogP) is 2.01. The van der Waals surface area contributed by atoms with Crippen LogP contribution in [0.3, 0.4) is 0 Å². The molecule has 4 heteroatoms. The highest BCUT2D eigenvalue weighted by molar-refractivity contribution is 5.78. The second-order valence-corrected chi connectivity index (χ2v) is 5.00. The molecule has 0 atom stereocenters. The molecule has 0 aliphatic carbocycles. The Morgan fingerprint density at radius 2 is 2.05 bits per heavy atom. The molecular weight excluding hydrogens is 238 g/mol. The average molecular weight is 263 g/mol. The van der Waals surface area contributed by atoms with Gasteiger partial charge in [0.1, 0.15) is 0 Å². The van der Waals surface area contributed by atoms with Crippen molar-refractivity contribution >= 4 is 11.6 Å². The van der Waals surface area contributed by atoms with Crippen molar-refractivity contribution in [1.82, 2.24) is 10.2 Å². The molecule has 1 amide bonds. The molecule has 0 radical (unpaired) electrons. The molecule has 4 nitrogen and oxygen atoms in total. The first-order valence-corrected chi connectivity index (χ1v) is 6.87. The van der Waals surface area contributed by atoms with Crippen LogP contribution in [0.4, 0.5) is 5.69 Å². The van der Waals surface area contributed by atoms with Crippen molar-refractivity contribution in [2.45, 2.75) is 39.3 Å². The van der Waals surface area contributed by atoms with E-state index in [4.69, 9.17) is 5.73 Å². The van der Waals surface area contributed by atoms with Crippen LogP contribution in [0.2, 0.25) is 0 Å². The zero-order valence-corrected chi connectivity index (χ0v) is 12.1. The van der Waals surface area contributed by atoms with Crippen molar-refractivity contribution in [3.05, 3.63) is 29.8 Å². The largest absolute Gasteiger partial charge is 0.399 e. The van der Waals surface area contributed by atoms with Crippen LogP contribution in [0.25, 0.3) is 0 Å². The highest BCUT2D eigenvalue weighted by atomic mass is 16.2. The maximum atomic E-state index is 11.9. The van der Waals surface area contributed by atoms with Crippen LogP contribution in [-0.4, -0.2) is 30.4 Å². The quantitative estimate of drug-likeness (QED) is 0.740. The number of carbonyl (C=O) groups is 1. The molecule has 1 rings (SSSR count). The summed E-state index contributed by atoms with van der Waals surface area (Å²) in [6.45, 7) is 5.31. The van der Waals surface area contributed by atoms with Crippen molar-refractivity contribution in [3.63, 3.8) is 0 Å². The van der Waals surface area contributed by atoms with E-state index in [2.05, 4.69) is 19.2 Å². The van der Waals surface area contributed by atoms with Gasteiger partial charge in [-0.2, -0.15) is 0 Å². The third-order valence-corrected chi connectivity index (χ3v) is 3.17. The third-order valence-electron chi connectivity index (χ3n) is 3.17. The molecule has 1 aromatic rings. The lowest BCUT2D eigenvalue weighted by Crippen LogP contribution is -2.40. The average Bonchev–Trinajstić information content (AvgIpc) is 2.35. The lowest BCUT2D eigenvalue weighted by Gasteiger charge is -2.19. The van der Waals surface area contributed by atoms with Gasteiger partial charge in [-0.05, 0) is 37.6 Å². The first-order valence-electron chi connectivity index (χ1n) is 6.87. The Kier molecular flexibility index (Phi) is 6.36. The Balaban J connectivity index is 2.42. The fraction of sp³-hybridized carbons (Fsp3) is 0.533. The van der Waals surface area contributed by atoms with Gasteiger partial charge in [0.05, 0.1) is 6.54 Å². The molecule has 0 aliphatic heterocycles. The second-order valence-electron chi connectivity index (χ2n) is 5.00. The van der Waals surface area contributed by atoms with Crippen LogP contribution in [0.15, 0.2) is 24.3 Å². The summed E-state index contributed by atoms with van der Waals surface area (Å²) in [5.74, 6) is 0.0834. The number of hydrogen-bond donors (Lipinski definition) is 2. The van der Waals surface area contributed by atoms with Gasteiger partial charge in [-0.3, -0.25) is 9.69 Å². The number of benzene rings is 1. The summed E-state index contributed by atoms with van der Waals surface area (Å²) >= 11 is 0. The van der Waals surface area contributed by atoms with Crippen LogP contribution in [0, 0.1) is 0 Å². The number of nitrogens with two attached hydrogens (primary N) is 1. The lowest BCUT2D eigenvalue weighted by atomic mass is 10.1. The Bertz CT molecular complexity index is 402. The minimum atomic E-state index is 0.0834. The van der Waals surface area contributed by atoms with Crippen molar-refractivity contribution in [3.8, 4) is 0 Å². The number of anilines is 1. The monoisotopic (exact) mass is 263 g/mol. The summed E-state index contributed by atoms with van der Waals surface area (Å²) in [7, 11) is 1.94. The van der Waals surface area contributed by atoms with Crippen LogP contribution in [-0.2, 0) is 11.3 Å². The molecule has 0 heterocycles. The minimum Gasteiger partial charge on any atom is -0.399 e. The number of rotatable bonds is 7. The summed E-state index contributed by atoms with van der Waals surface area (Å²) in [5.41, 5.74) is 7.62. The van der Waals surface area contributed by atoms with Gasteiger partial charge in [0.25, 0.3) is 0 Å². The first kappa shape index (κ1) is 15.5. The van der Waals surface area contributed by atoms with E-state index in [0.29, 0.717) is 6.54 Å². The van der Waals surface area contributed by atoms with E-state index in [1.807, 2.05) is 36.2 Å². The summed E-state index contributed by atoms with van der Waals surface area (Å²) in [5, 5.41) is 3.04. The first-order chi connectivity index (χ1) is 9.05. The molecule has 0 fully saturated rings. The van der Waals surface area contributed by atoms with Gasteiger partial charge in [0.15, 0.2) is 0 Å². The van der Waals surface area contributed by atoms with Crippen LogP contribution in [0.5, 0.6) is 0 Å². The van der Waals surface area contributed by atoms with E-state index >= 15 is 0 Å². The summed E-state index contributed by atoms with van der Waals surface area (Å²) in [6, 6.07) is 8.04. The van der Waals surface area contributed by atoms with Gasteiger partial charge >= 0.3 is 0 Å².